The maximum atomic E-state index is 11.1. The zero-order chi connectivity index (χ0) is 19.5. The molecule has 4 rings (SSSR count). The van der Waals surface area contributed by atoms with E-state index in [-0.39, 0.29) is 6.61 Å². The molecular weight excluding hydrogens is 396 g/mol. The summed E-state index contributed by atoms with van der Waals surface area (Å²) in [5.74, 6) is -0.933. The topological polar surface area (TPSA) is 98.1 Å². The van der Waals surface area contributed by atoms with Gasteiger partial charge in [-0.25, -0.2) is 24.7 Å². The normalized spacial score (nSPS) is 10.8. The lowest BCUT2D eigenvalue weighted by Gasteiger charge is -2.02. The summed E-state index contributed by atoms with van der Waals surface area (Å²) < 4.78 is 5.57. The molecule has 4 aromatic heterocycles. The predicted octanol–water partition coefficient (Wildman–Crippen LogP) is 4.31. The van der Waals surface area contributed by atoms with Crippen molar-refractivity contribution in [2.75, 3.05) is 0 Å². The number of carbonyl (C=O) groups is 1. The number of thiazole rings is 1. The molecule has 0 saturated carbocycles. The molecule has 0 aliphatic rings. The van der Waals surface area contributed by atoms with Gasteiger partial charge in [-0.05, 0) is 37.3 Å². The Morgan fingerprint density at radius 3 is 2.57 bits per heavy atom. The average Bonchev–Trinajstić information content (AvgIpc) is 3.34. The van der Waals surface area contributed by atoms with Crippen molar-refractivity contribution in [3.63, 3.8) is 0 Å². The highest BCUT2D eigenvalue weighted by atomic mass is 32.1. The minimum Gasteiger partial charge on any atom is -0.477 e. The second kappa shape index (κ2) is 7.83. The standard InChI is InChI=1S/C19H14N4O3S2/c1-11-17(28-16(22-11)10-26-19-20-8-3-9-21-19)13-5-2-4-12(23-13)14-6-7-15(27-14)18(24)25/h2-9H,10H2,1H3,(H,24,25). The Bertz CT molecular complexity index is 1130. The Balaban J connectivity index is 1.57. The molecule has 140 valence electrons. The molecule has 0 radical (unpaired) electrons. The first-order valence-electron chi connectivity index (χ1n) is 8.27. The SMILES string of the molecule is Cc1nc(COc2ncccn2)sc1-c1cccc(-c2ccc(C(=O)O)s2)n1. The van der Waals surface area contributed by atoms with Crippen molar-refractivity contribution in [2.45, 2.75) is 13.5 Å². The molecule has 0 aliphatic heterocycles. The van der Waals surface area contributed by atoms with Crippen LogP contribution in [0.25, 0.3) is 21.1 Å². The zero-order valence-corrected chi connectivity index (χ0v) is 16.3. The van der Waals surface area contributed by atoms with E-state index in [0.717, 1.165) is 31.8 Å². The van der Waals surface area contributed by atoms with Gasteiger partial charge in [0.25, 0.3) is 0 Å². The number of rotatable bonds is 6. The number of hydrogen-bond acceptors (Lipinski definition) is 8. The van der Waals surface area contributed by atoms with Gasteiger partial charge in [0.15, 0.2) is 0 Å². The molecule has 4 heterocycles. The smallest absolute Gasteiger partial charge is 0.345 e. The highest BCUT2D eigenvalue weighted by Gasteiger charge is 2.14. The summed E-state index contributed by atoms with van der Waals surface area (Å²) in [6.07, 6.45) is 3.24. The number of thiophene rings is 1. The van der Waals surface area contributed by atoms with E-state index in [1.54, 1.807) is 30.6 Å². The number of aromatic nitrogens is 4. The van der Waals surface area contributed by atoms with Crippen molar-refractivity contribution in [2.24, 2.45) is 0 Å². The van der Waals surface area contributed by atoms with Gasteiger partial charge in [-0.1, -0.05) is 6.07 Å². The number of hydrogen-bond donors (Lipinski definition) is 1. The number of pyridine rings is 1. The molecule has 4 aromatic rings. The maximum Gasteiger partial charge on any atom is 0.345 e. The van der Waals surface area contributed by atoms with Crippen LogP contribution in [-0.2, 0) is 6.61 Å². The monoisotopic (exact) mass is 410 g/mol. The van der Waals surface area contributed by atoms with Crippen LogP contribution in [0.15, 0.2) is 48.8 Å². The maximum absolute atomic E-state index is 11.1. The molecule has 0 aromatic carbocycles. The van der Waals surface area contributed by atoms with Gasteiger partial charge in [-0.2, -0.15) is 0 Å². The van der Waals surface area contributed by atoms with Gasteiger partial charge in [0.1, 0.15) is 16.5 Å². The minimum absolute atomic E-state index is 0.280. The summed E-state index contributed by atoms with van der Waals surface area (Å²) in [5, 5.41) is 9.91. The minimum atomic E-state index is -0.933. The molecule has 0 fully saturated rings. The molecule has 28 heavy (non-hydrogen) atoms. The van der Waals surface area contributed by atoms with Crippen molar-refractivity contribution < 1.29 is 14.6 Å². The third-order valence-electron chi connectivity index (χ3n) is 3.76. The molecule has 0 atom stereocenters. The third-order valence-corrected chi connectivity index (χ3v) is 6.01. The summed E-state index contributed by atoms with van der Waals surface area (Å²) in [6, 6.07) is 11.1. The van der Waals surface area contributed by atoms with Crippen molar-refractivity contribution in [3.05, 3.63) is 64.4 Å². The summed E-state index contributed by atoms with van der Waals surface area (Å²) >= 11 is 2.71. The van der Waals surface area contributed by atoms with Gasteiger partial charge < -0.3 is 9.84 Å². The Hall–Kier alpha value is -3.17. The zero-order valence-electron chi connectivity index (χ0n) is 14.7. The fourth-order valence-corrected chi connectivity index (χ4v) is 4.29. The van der Waals surface area contributed by atoms with Crippen LogP contribution in [0, 0.1) is 6.92 Å². The number of carboxylic acid groups (broad SMARTS) is 1. The Morgan fingerprint density at radius 1 is 1.04 bits per heavy atom. The van der Waals surface area contributed by atoms with Crippen molar-refractivity contribution in [3.8, 4) is 27.2 Å². The number of ether oxygens (including phenoxy) is 1. The Morgan fingerprint density at radius 2 is 1.82 bits per heavy atom. The first kappa shape index (κ1) is 18.2. The fraction of sp³-hybridized carbons (Fsp3) is 0.105. The van der Waals surface area contributed by atoms with Crippen LogP contribution >= 0.6 is 22.7 Å². The largest absolute Gasteiger partial charge is 0.477 e. The molecule has 0 amide bonds. The second-order valence-electron chi connectivity index (χ2n) is 5.72. The highest BCUT2D eigenvalue weighted by Crippen LogP contribution is 2.32. The van der Waals surface area contributed by atoms with Gasteiger partial charge in [-0.15, -0.1) is 22.7 Å². The Kier molecular flexibility index (Phi) is 5.09. The van der Waals surface area contributed by atoms with Gasteiger partial charge in [-0.3, -0.25) is 0 Å². The molecule has 7 nitrogen and oxygen atoms in total. The van der Waals surface area contributed by atoms with Crippen LogP contribution in [0.3, 0.4) is 0 Å². The number of aryl methyl sites for hydroxylation is 1. The van der Waals surface area contributed by atoms with Crippen LogP contribution in [0.4, 0.5) is 0 Å². The van der Waals surface area contributed by atoms with Crippen molar-refractivity contribution in [1.29, 1.82) is 0 Å². The van der Waals surface area contributed by atoms with Gasteiger partial charge in [0, 0.05) is 12.4 Å². The van der Waals surface area contributed by atoms with Crippen molar-refractivity contribution >= 4 is 28.6 Å². The van der Waals surface area contributed by atoms with Crippen LogP contribution in [0.2, 0.25) is 0 Å². The van der Waals surface area contributed by atoms with E-state index in [1.165, 1.54) is 22.7 Å². The van der Waals surface area contributed by atoms with E-state index in [1.807, 2.05) is 25.1 Å². The second-order valence-corrected chi connectivity index (χ2v) is 7.89. The van der Waals surface area contributed by atoms with Gasteiger partial charge >= 0.3 is 12.0 Å². The summed E-state index contributed by atoms with van der Waals surface area (Å²) in [4.78, 5) is 30.5. The van der Waals surface area contributed by atoms with E-state index >= 15 is 0 Å². The van der Waals surface area contributed by atoms with E-state index in [0.29, 0.717) is 10.9 Å². The lowest BCUT2D eigenvalue weighted by molar-refractivity contribution is 0.0702. The fourth-order valence-electron chi connectivity index (χ4n) is 2.53. The molecule has 0 bridgehead atoms. The van der Waals surface area contributed by atoms with Crippen LogP contribution in [-0.4, -0.2) is 31.0 Å². The quantitative estimate of drug-likeness (QED) is 0.506. The molecule has 0 saturated heterocycles. The lowest BCUT2D eigenvalue weighted by atomic mass is 10.2. The summed E-state index contributed by atoms with van der Waals surface area (Å²) in [6.45, 7) is 2.21. The molecule has 0 spiro atoms. The Labute approximate surface area is 168 Å². The first-order valence-corrected chi connectivity index (χ1v) is 9.90. The highest BCUT2D eigenvalue weighted by molar-refractivity contribution is 7.17. The average molecular weight is 410 g/mol. The van der Waals surface area contributed by atoms with Crippen LogP contribution < -0.4 is 4.74 Å². The number of carboxylic acids is 1. The number of nitrogens with zero attached hydrogens (tertiary/aromatic N) is 4. The van der Waals surface area contributed by atoms with Crippen LogP contribution in [0.1, 0.15) is 20.4 Å². The molecule has 0 aliphatic carbocycles. The summed E-state index contributed by atoms with van der Waals surface area (Å²) in [7, 11) is 0. The van der Waals surface area contributed by atoms with E-state index in [4.69, 9.17) is 14.8 Å². The first-order chi connectivity index (χ1) is 13.6. The van der Waals surface area contributed by atoms with Crippen LogP contribution in [0.5, 0.6) is 6.01 Å². The van der Waals surface area contributed by atoms with Gasteiger partial charge in [0.05, 0.1) is 26.8 Å². The van der Waals surface area contributed by atoms with E-state index in [2.05, 4.69) is 15.0 Å². The third kappa shape index (κ3) is 3.90. The predicted molar refractivity (Wildman–Crippen MR) is 107 cm³/mol. The molecular formula is C19H14N4O3S2. The lowest BCUT2D eigenvalue weighted by Crippen LogP contribution is -1.98. The molecule has 9 heteroatoms. The number of aromatic carboxylic acids is 1. The van der Waals surface area contributed by atoms with E-state index in [9.17, 15) is 4.79 Å². The van der Waals surface area contributed by atoms with E-state index < -0.39 is 5.97 Å². The van der Waals surface area contributed by atoms with Crippen molar-refractivity contribution in [1.82, 2.24) is 19.9 Å². The summed E-state index contributed by atoms with van der Waals surface area (Å²) in [5.41, 5.74) is 2.39. The van der Waals surface area contributed by atoms with Gasteiger partial charge in [0.2, 0.25) is 0 Å². The molecule has 0 unspecified atom stereocenters. The molecule has 1 N–H and O–H groups in total.